The molecule has 1 N–H and O–H groups in total. The number of hydrogen-bond donors (Lipinski definition) is 1. The molecule has 1 amide bonds. The van der Waals surface area contributed by atoms with Gasteiger partial charge in [-0.25, -0.2) is 8.42 Å². The van der Waals surface area contributed by atoms with E-state index in [2.05, 4.69) is 29.4 Å². The Labute approximate surface area is 191 Å². The molecule has 0 aliphatic carbocycles. The number of amides is 1. The fraction of sp³-hybridized carbons (Fsp3) is 0.318. The van der Waals surface area contributed by atoms with E-state index in [1.165, 1.54) is 28.6 Å². The van der Waals surface area contributed by atoms with Crippen molar-refractivity contribution in [3.8, 4) is 11.5 Å². The van der Waals surface area contributed by atoms with Crippen molar-refractivity contribution >= 4 is 33.5 Å². The van der Waals surface area contributed by atoms with Gasteiger partial charge < -0.3 is 4.42 Å². The van der Waals surface area contributed by atoms with Gasteiger partial charge in [-0.2, -0.15) is 4.31 Å². The van der Waals surface area contributed by atoms with E-state index in [-0.39, 0.29) is 22.4 Å². The minimum atomic E-state index is -3.61. The molecule has 2 aromatic carbocycles. The molecule has 2 atom stereocenters. The second kappa shape index (κ2) is 9.01. The molecule has 4 rings (SSSR count). The SMILES string of the molecule is C[C@@H]1C[C@H](C)CN(S(=O)(=O)c2ccc(C(=O)Nc3nnc(-c4ccc(Cl)cc4)o3)cc2)C1. The number of rotatable bonds is 5. The number of halogens is 1. The van der Waals surface area contributed by atoms with E-state index in [4.69, 9.17) is 16.0 Å². The van der Waals surface area contributed by atoms with Crippen LogP contribution in [-0.4, -0.2) is 41.9 Å². The molecule has 8 nitrogen and oxygen atoms in total. The summed E-state index contributed by atoms with van der Waals surface area (Å²) in [6, 6.07) is 12.6. The van der Waals surface area contributed by atoms with Gasteiger partial charge >= 0.3 is 6.01 Å². The predicted molar refractivity (Wildman–Crippen MR) is 121 cm³/mol. The molecule has 168 valence electrons. The second-order valence-electron chi connectivity index (χ2n) is 8.17. The van der Waals surface area contributed by atoms with E-state index < -0.39 is 15.9 Å². The fourth-order valence-electron chi connectivity index (χ4n) is 3.88. The van der Waals surface area contributed by atoms with Crippen molar-refractivity contribution in [3.63, 3.8) is 0 Å². The van der Waals surface area contributed by atoms with Gasteiger partial charge in [-0.05, 0) is 66.8 Å². The quantitative estimate of drug-likeness (QED) is 0.590. The Morgan fingerprint density at radius 3 is 2.28 bits per heavy atom. The highest BCUT2D eigenvalue weighted by atomic mass is 35.5. The van der Waals surface area contributed by atoms with Crippen LogP contribution in [0.2, 0.25) is 5.02 Å². The summed E-state index contributed by atoms with van der Waals surface area (Å²) in [4.78, 5) is 12.7. The number of carbonyl (C=O) groups excluding carboxylic acids is 1. The third-order valence-corrected chi connectivity index (χ3v) is 7.42. The van der Waals surface area contributed by atoms with Gasteiger partial charge in [0.05, 0.1) is 4.90 Å². The molecular weight excluding hydrogens is 452 g/mol. The Hall–Kier alpha value is -2.75. The number of aromatic nitrogens is 2. The van der Waals surface area contributed by atoms with Crippen LogP contribution in [0.3, 0.4) is 0 Å². The number of nitrogens with one attached hydrogen (secondary N) is 1. The van der Waals surface area contributed by atoms with Crippen LogP contribution < -0.4 is 5.32 Å². The molecule has 0 spiro atoms. The average Bonchev–Trinajstić information content (AvgIpc) is 3.22. The molecule has 32 heavy (non-hydrogen) atoms. The van der Waals surface area contributed by atoms with E-state index in [1.807, 2.05) is 0 Å². The summed E-state index contributed by atoms with van der Waals surface area (Å²) >= 11 is 5.87. The molecule has 3 aromatic rings. The van der Waals surface area contributed by atoms with E-state index in [0.29, 0.717) is 35.5 Å². The second-order valence-corrected chi connectivity index (χ2v) is 10.5. The third-order valence-electron chi connectivity index (χ3n) is 5.33. The maximum absolute atomic E-state index is 13.0. The number of piperidine rings is 1. The van der Waals surface area contributed by atoms with Crippen molar-refractivity contribution in [1.82, 2.24) is 14.5 Å². The van der Waals surface area contributed by atoms with E-state index >= 15 is 0 Å². The van der Waals surface area contributed by atoms with Crippen molar-refractivity contribution in [2.45, 2.75) is 25.2 Å². The smallest absolute Gasteiger partial charge is 0.322 e. The first-order valence-corrected chi connectivity index (χ1v) is 12.0. The van der Waals surface area contributed by atoms with Crippen LogP contribution in [-0.2, 0) is 10.0 Å². The Morgan fingerprint density at radius 2 is 1.66 bits per heavy atom. The van der Waals surface area contributed by atoms with Gasteiger partial charge in [-0.15, -0.1) is 5.10 Å². The zero-order valence-corrected chi connectivity index (χ0v) is 19.2. The van der Waals surface area contributed by atoms with Crippen LogP contribution >= 0.6 is 11.6 Å². The van der Waals surface area contributed by atoms with Gasteiger partial charge in [0.1, 0.15) is 0 Å². The van der Waals surface area contributed by atoms with Gasteiger partial charge in [-0.1, -0.05) is 30.5 Å². The number of anilines is 1. The monoisotopic (exact) mass is 474 g/mol. The standard InChI is InChI=1S/C22H23ClN4O4S/c1-14-11-15(2)13-27(12-14)32(29,30)19-9-5-16(6-10-19)20(28)24-22-26-25-21(31-22)17-3-7-18(23)8-4-17/h3-10,14-15H,11-13H2,1-2H3,(H,24,26,28)/t14-,15+. The van der Waals surface area contributed by atoms with Crippen LogP contribution in [0.25, 0.3) is 11.5 Å². The molecule has 10 heteroatoms. The van der Waals surface area contributed by atoms with Crippen molar-refractivity contribution in [3.05, 3.63) is 59.1 Å². The summed E-state index contributed by atoms with van der Waals surface area (Å²) in [5, 5.41) is 10.9. The fourth-order valence-corrected chi connectivity index (χ4v) is 5.69. The lowest BCUT2D eigenvalue weighted by Crippen LogP contribution is -2.42. The Bertz CT molecular complexity index is 1200. The molecular formula is C22H23ClN4O4S. The average molecular weight is 475 g/mol. The molecule has 1 fully saturated rings. The van der Waals surface area contributed by atoms with Crippen molar-refractivity contribution in [1.29, 1.82) is 0 Å². The summed E-state index contributed by atoms with van der Waals surface area (Å²) < 4.78 is 33.0. The topological polar surface area (TPSA) is 105 Å². The zero-order chi connectivity index (χ0) is 22.9. The number of nitrogens with zero attached hydrogens (tertiary/aromatic N) is 3. The number of sulfonamides is 1. The summed E-state index contributed by atoms with van der Waals surface area (Å²) in [7, 11) is -3.61. The molecule has 0 radical (unpaired) electrons. The van der Waals surface area contributed by atoms with Gasteiger partial charge in [0, 0.05) is 29.2 Å². The minimum Gasteiger partial charge on any atom is -0.403 e. The highest BCUT2D eigenvalue weighted by Gasteiger charge is 2.31. The molecule has 2 heterocycles. The van der Waals surface area contributed by atoms with Crippen LogP contribution in [0.1, 0.15) is 30.6 Å². The first-order chi connectivity index (χ1) is 15.2. The van der Waals surface area contributed by atoms with Crippen LogP contribution in [0.4, 0.5) is 6.01 Å². The third kappa shape index (κ3) is 4.85. The summed E-state index contributed by atoms with van der Waals surface area (Å²) in [5.74, 6) is 0.375. The maximum atomic E-state index is 13.0. The minimum absolute atomic E-state index is 0.0621. The molecule has 0 bridgehead atoms. The molecule has 1 saturated heterocycles. The van der Waals surface area contributed by atoms with Crippen molar-refractivity contribution < 1.29 is 17.6 Å². The van der Waals surface area contributed by atoms with E-state index in [1.54, 1.807) is 24.3 Å². The number of carbonyl (C=O) groups is 1. The first-order valence-electron chi connectivity index (χ1n) is 10.2. The first kappa shape index (κ1) is 22.4. The molecule has 1 aromatic heterocycles. The van der Waals surface area contributed by atoms with Gasteiger partial charge in [-0.3, -0.25) is 10.1 Å². The summed E-state index contributed by atoms with van der Waals surface area (Å²) in [5.41, 5.74) is 0.939. The lowest BCUT2D eigenvalue weighted by Gasteiger charge is -2.34. The number of hydrogen-bond acceptors (Lipinski definition) is 6. The lowest BCUT2D eigenvalue weighted by atomic mass is 9.94. The normalized spacial score (nSPS) is 19.6. The maximum Gasteiger partial charge on any atom is 0.322 e. The highest BCUT2D eigenvalue weighted by molar-refractivity contribution is 7.89. The highest BCUT2D eigenvalue weighted by Crippen LogP contribution is 2.27. The van der Waals surface area contributed by atoms with Crippen molar-refractivity contribution in [2.75, 3.05) is 18.4 Å². The summed E-state index contributed by atoms with van der Waals surface area (Å²) in [6.07, 6.45) is 1.01. The lowest BCUT2D eigenvalue weighted by molar-refractivity contribution is 0.102. The summed E-state index contributed by atoms with van der Waals surface area (Å²) in [6.45, 7) is 5.12. The van der Waals surface area contributed by atoms with Crippen LogP contribution in [0, 0.1) is 11.8 Å². The van der Waals surface area contributed by atoms with Gasteiger partial charge in [0.2, 0.25) is 15.9 Å². The predicted octanol–water partition coefficient (Wildman–Crippen LogP) is 4.31. The molecule has 1 aliphatic rings. The Morgan fingerprint density at radius 1 is 1.03 bits per heavy atom. The van der Waals surface area contributed by atoms with Crippen molar-refractivity contribution in [2.24, 2.45) is 11.8 Å². The number of benzene rings is 2. The molecule has 1 aliphatic heterocycles. The van der Waals surface area contributed by atoms with E-state index in [9.17, 15) is 13.2 Å². The molecule has 0 unspecified atom stereocenters. The largest absolute Gasteiger partial charge is 0.403 e. The Kier molecular flexibility index (Phi) is 6.32. The van der Waals surface area contributed by atoms with Gasteiger partial charge in [0.15, 0.2) is 0 Å². The van der Waals surface area contributed by atoms with Crippen LogP contribution in [0.15, 0.2) is 57.8 Å². The molecule has 0 saturated carbocycles. The Balaban J connectivity index is 1.45. The van der Waals surface area contributed by atoms with Gasteiger partial charge in [0.25, 0.3) is 5.91 Å². The zero-order valence-electron chi connectivity index (χ0n) is 17.7. The van der Waals surface area contributed by atoms with E-state index in [0.717, 1.165) is 6.42 Å². The van der Waals surface area contributed by atoms with Crippen LogP contribution in [0.5, 0.6) is 0 Å².